The molecule has 0 N–H and O–H groups in total. The highest BCUT2D eigenvalue weighted by Crippen LogP contribution is 2.29. The summed E-state index contributed by atoms with van der Waals surface area (Å²) < 4.78 is 10.1. The first-order chi connectivity index (χ1) is 10.7. The van der Waals surface area contributed by atoms with Crippen LogP contribution in [0.1, 0.15) is 40.2 Å². The molecule has 6 nitrogen and oxygen atoms in total. The number of likely N-dealkylation sites (N-methyl/N-ethyl adjacent to an activating group) is 1. The number of hydrogen-bond acceptors (Lipinski definition) is 5. The van der Waals surface area contributed by atoms with Gasteiger partial charge in [0.25, 0.3) is 0 Å². The number of rotatable bonds is 6. The zero-order valence-corrected chi connectivity index (χ0v) is 14.2. The van der Waals surface area contributed by atoms with Crippen LogP contribution in [0.5, 0.6) is 11.5 Å². The van der Waals surface area contributed by atoms with Crippen molar-refractivity contribution in [2.75, 3.05) is 6.54 Å². The summed E-state index contributed by atoms with van der Waals surface area (Å²) in [7, 11) is 0. The standard InChI is InChI=1S/C17H23NO5/c1-6-18(12(3)19)11(2)9-15-7-8-16(22-13(4)20)17(10-15)23-14(5)21/h7-8,10-11H,6,9H2,1-5H3/t11-/m0/s1. The lowest BCUT2D eigenvalue weighted by Crippen LogP contribution is -2.38. The Kier molecular flexibility index (Phi) is 6.75. The summed E-state index contributed by atoms with van der Waals surface area (Å²) in [4.78, 5) is 35.7. The number of esters is 2. The highest BCUT2D eigenvalue weighted by Gasteiger charge is 2.17. The second-order valence-corrected chi connectivity index (χ2v) is 5.33. The fourth-order valence-corrected chi connectivity index (χ4v) is 2.45. The lowest BCUT2D eigenvalue weighted by molar-refractivity contribution is -0.134. The Hall–Kier alpha value is -2.37. The fourth-order valence-electron chi connectivity index (χ4n) is 2.45. The Morgan fingerprint density at radius 2 is 1.61 bits per heavy atom. The fraction of sp³-hybridized carbons (Fsp3) is 0.471. The van der Waals surface area contributed by atoms with Crippen LogP contribution in [-0.4, -0.2) is 35.3 Å². The zero-order valence-electron chi connectivity index (χ0n) is 14.2. The van der Waals surface area contributed by atoms with Crippen LogP contribution in [-0.2, 0) is 20.8 Å². The van der Waals surface area contributed by atoms with E-state index in [0.717, 1.165) is 5.56 Å². The van der Waals surface area contributed by atoms with Crippen LogP contribution < -0.4 is 9.47 Å². The Morgan fingerprint density at radius 1 is 1.04 bits per heavy atom. The summed E-state index contributed by atoms with van der Waals surface area (Å²) in [5.74, 6) is -0.584. The molecule has 1 aromatic rings. The van der Waals surface area contributed by atoms with Crippen molar-refractivity contribution in [1.82, 2.24) is 4.90 Å². The molecule has 0 aliphatic carbocycles. The van der Waals surface area contributed by atoms with Gasteiger partial charge >= 0.3 is 11.9 Å². The molecule has 0 aliphatic rings. The number of benzene rings is 1. The number of hydrogen-bond donors (Lipinski definition) is 0. The maximum atomic E-state index is 11.6. The van der Waals surface area contributed by atoms with E-state index in [-0.39, 0.29) is 23.4 Å². The van der Waals surface area contributed by atoms with E-state index < -0.39 is 11.9 Å². The molecule has 1 atom stereocenters. The molecule has 0 fully saturated rings. The van der Waals surface area contributed by atoms with Crippen LogP contribution in [0.3, 0.4) is 0 Å². The quantitative estimate of drug-likeness (QED) is 0.594. The van der Waals surface area contributed by atoms with Crippen LogP contribution in [0.25, 0.3) is 0 Å². The van der Waals surface area contributed by atoms with E-state index in [0.29, 0.717) is 13.0 Å². The molecule has 0 saturated carbocycles. The van der Waals surface area contributed by atoms with E-state index >= 15 is 0 Å². The third-order valence-corrected chi connectivity index (χ3v) is 3.32. The maximum Gasteiger partial charge on any atom is 0.308 e. The van der Waals surface area contributed by atoms with Gasteiger partial charge in [-0.15, -0.1) is 0 Å². The summed E-state index contributed by atoms with van der Waals surface area (Å²) in [5.41, 5.74) is 0.879. The summed E-state index contributed by atoms with van der Waals surface area (Å²) in [6.07, 6.45) is 0.599. The van der Waals surface area contributed by atoms with Gasteiger partial charge in [0.2, 0.25) is 5.91 Å². The molecule has 1 amide bonds. The summed E-state index contributed by atoms with van der Waals surface area (Å²) in [5, 5.41) is 0. The predicted octanol–water partition coefficient (Wildman–Crippen LogP) is 2.34. The van der Waals surface area contributed by atoms with Crippen LogP contribution >= 0.6 is 0 Å². The van der Waals surface area contributed by atoms with Gasteiger partial charge in [-0.25, -0.2) is 0 Å². The molecule has 6 heteroatoms. The van der Waals surface area contributed by atoms with Gasteiger partial charge in [-0.3, -0.25) is 14.4 Å². The van der Waals surface area contributed by atoms with Crippen molar-refractivity contribution in [3.05, 3.63) is 23.8 Å². The lowest BCUT2D eigenvalue weighted by atomic mass is 10.0. The van der Waals surface area contributed by atoms with E-state index in [9.17, 15) is 14.4 Å². The van der Waals surface area contributed by atoms with Crippen molar-refractivity contribution in [2.24, 2.45) is 0 Å². The number of amides is 1. The van der Waals surface area contributed by atoms with E-state index in [1.807, 2.05) is 13.8 Å². The number of carbonyl (C=O) groups excluding carboxylic acids is 3. The van der Waals surface area contributed by atoms with Crippen LogP contribution in [0.2, 0.25) is 0 Å². The number of carbonyl (C=O) groups is 3. The second kappa shape index (κ2) is 8.31. The molecule has 23 heavy (non-hydrogen) atoms. The number of nitrogens with zero attached hydrogens (tertiary/aromatic N) is 1. The molecule has 0 heterocycles. The lowest BCUT2D eigenvalue weighted by Gasteiger charge is -2.27. The first-order valence-electron chi connectivity index (χ1n) is 7.51. The Bertz CT molecular complexity index is 597. The van der Waals surface area contributed by atoms with E-state index in [2.05, 4.69) is 0 Å². The number of ether oxygens (including phenoxy) is 2. The van der Waals surface area contributed by atoms with Crippen LogP contribution in [0, 0.1) is 0 Å². The molecule has 1 aromatic carbocycles. The van der Waals surface area contributed by atoms with Crippen molar-refractivity contribution in [3.63, 3.8) is 0 Å². The van der Waals surface area contributed by atoms with Gasteiger partial charge in [-0.1, -0.05) is 6.07 Å². The molecule has 0 saturated heterocycles. The first kappa shape index (κ1) is 18.7. The molecular formula is C17H23NO5. The third kappa shape index (κ3) is 5.73. The van der Waals surface area contributed by atoms with Gasteiger partial charge in [-0.2, -0.15) is 0 Å². The Balaban J connectivity index is 3.01. The third-order valence-electron chi connectivity index (χ3n) is 3.32. The molecule has 0 spiro atoms. The highest BCUT2D eigenvalue weighted by atomic mass is 16.6. The van der Waals surface area contributed by atoms with Crippen LogP contribution in [0.4, 0.5) is 0 Å². The van der Waals surface area contributed by atoms with Crippen LogP contribution in [0.15, 0.2) is 18.2 Å². The topological polar surface area (TPSA) is 72.9 Å². The smallest absolute Gasteiger partial charge is 0.308 e. The van der Waals surface area contributed by atoms with E-state index in [1.165, 1.54) is 20.8 Å². The monoisotopic (exact) mass is 321 g/mol. The van der Waals surface area contributed by atoms with Crippen molar-refractivity contribution in [2.45, 2.75) is 47.1 Å². The molecule has 1 rings (SSSR count). The first-order valence-corrected chi connectivity index (χ1v) is 7.51. The normalized spacial score (nSPS) is 11.5. The molecule has 0 aromatic heterocycles. The van der Waals surface area contributed by atoms with Gasteiger partial charge < -0.3 is 14.4 Å². The predicted molar refractivity (Wildman–Crippen MR) is 85.3 cm³/mol. The molecule has 0 aliphatic heterocycles. The minimum atomic E-state index is -0.498. The van der Waals surface area contributed by atoms with Crippen molar-refractivity contribution in [3.8, 4) is 11.5 Å². The van der Waals surface area contributed by atoms with Crippen molar-refractivity contribution >= 4 is 17.8 Å². The maximum absolute atomic E-state index is 11.6. The Labute approximate surface area is 136 Å². The van der Waals surface area contributed by atoms with Gasteiger partial charge in [-0.05, 0) is 38.0 Å². The molecule has 0 bridgehead atoms. The van der Waals surface area contributed by atoms with Crippen molar-refractivity contribution < 1.29 is 23.9 Å². The molecule has 0 unspecified atom stereocenters. The second-order valence-electron chi connectivity index (χ2n) is 5.33. The molecule has 0 radical (unpaired) electrons. The van der Waals surface area contributed by atoms with Gasteiger partial charge in [0, 0.05) is 33.4 Å². The average Bonchev–Trinajstić information content (AvgIpc) is 2.40. The molecule has 126 valence electrons. The highest BCUT2D eigenvalue weighted by molar-refractivity contribution is 5.74. The summed E-state index contributed by atoms with van der Waals surface area (Å²) >= 11 is 0. The summed E-state index contributed by atoms with van der Waals surface area (Å²) in [6, 6.07) is 5.04. The SMILES string of the molecule is CCN(C(C)=O)[C@@H](C)Cc1ccc(OC(C)=O)c(OC(C)=O)c1. The summed E-state index contributed by atoms with van der Waals surface area (Å²) in [6.45, 7) is 8.59. The van der Waals surface area contributed by atoms with Gasteiger partial charge in [0.05, 0.1) is 0 Å². The average molecular weight is 321 g/mol. The van der Waals surface area contributed by atoms with E-state index in [4.69, 9.17) is 9.47 Å². The van der Waals surface area contributed by atoms with Gasteiger partial charge in [0.15, 0.2) is 11.5 Å². The Morgan fingerprint density at radius 3 is 2.09 bits per heavy atom. The minimum Gasteiger partial charge on any atom is -0.423 e. The van der Waals surface area contributed by atoms with Gasteiger partial charge in [0.1, 0.15) is 0 Å². The zero-order chi connectivity index (χ0) is 17.6. The van der Waals surface area contributed by atoms with Crippen molar-refractivity contribution in [1.29, 1.82) is 0 Å². The largest absolute Gasteiger partial charge is 0.423 e. The van der Waals surface area contributed by atoms with E-state index in [1.54, 1.807) is 23.1 Å². The minimum absolute atomic E-state index is 0.00209. The molecular weight excluding hydrogens is 298 g/mol.